The Balaban J connectivity index is 2.34. The summed E-state index contributed by atoms with van der Waals surface area (Å²) in [5.41, 5.74) is 2.42. The van der Waals surface area contributed by atoms with Gasteiger partial charge in [0.05, 0.1) is 4.92 Å². The van der Waals surface area contributed by atoms with E-state index in [0.717, 1.165) is 17.5 Å². The third kappa shape index (κ3) is 1.64. The molecular formula is C10H8N2O2. The van der Waals surface area contributed by atoms with Gasteiger partial charge in [0.1, 0.15) is 5.70 Å². The first kappa shape index (κ1) is 8.50. The van der Waals surface area contributed by atoms with Crippen LogP contribution >= 0.6 is 0 Å². The first-order valence-electron chi connectivity index (χ1n) is 4.15. The van der Waals surface area contributed by atoms with E-state index in [0.29, 0.717) is 5.70 Å². The fraction of sp³-hybridized carbons (Fsp3) is 0. The van der Waals surface area contributed by atoms with Gasteiger partial charge in [-0.1, -0.05) is 24.3 Å². The second kappa shape index (κ2) is 3.33. The lowest BCUT2D eigenvalue weighted by atomic mass is 10.1. The molecule has 0 amide bonds. The minimum atomic E-state index is -0.472. The molecule has 0 aliphatic carbocycles. The van der Waals surface area contributed by atoms with Gasteiger partial charge >= 0.3 is 0 Å². The van der Waals surface area contributed by atoms with Crippen LogP contribution in [0, 0.1) is 10.1 Å². The minimum Gasteiger partial charge on any atom is -0.350 e. The van der Waals surface area contributed by atoms with Crippen molar-refractivity contribution in [2.24, 2.45) is 0 Å². The Hall–Kier alpha value is -2.10. The van der Waals surface area contributed by atoms with Gasteiger partial charge in [-0.3, -0.25) is 10.1 Å². The van der Waals surface area contributed by atoms with Crippen LogP contribution < -0.4 is 5.32 Å². The van der Waals surface area contributed by atoms with Gasteiger partial charge in [0, 0.05) is 5.69 Å². The highest BCUT2D eigenvalue weighted by Gasteiger charge is 2.07. The van der Waals surface area contributed by atoms with Crippen molar-refractivity contribution in [1.82, 2.24) is 0 Å². The third-order valence-corrected chi connectivity index (χ3v) is 1.93. The van der Waals surface area contributed by atoms with E-state index in [-0.39, 0.29) is 0 Å². The predicted molar refractivity (Wildman–Crippen MR) is 54.2 cm³/mol. The van der Waals surface area contributed by atoms with Crippen LogP contribution in [0.4, 0.5) is 5.69 Å². The maximum absolute atomic E-state index is 10.2. The van der Waals surface area contributed by atoms with Crippen molar-refractivity contribution in [2.45, 2.75) is 0 Å². The molecule has 1 aromatic carbocycles. The zero-order valence-electron chi connectivity index (χ0n) is 7.31. The minimum absolute atomic E-state index is 0.472. The summed E-state index contributed by atoms with van der Waals surface area (Å²) in [6.07, 6.45) is 4.48. The SMILES string of the molecule is O=[N+]([O-])C=C1C=Cc2ccccc2N1. The average molecular weight is 188 g/mol. The first-order chi connectivity index (χ1) is 6.75. The standard InChI is InChI=1S/C10H8N2O2/c13-12(14)7-9-6-5-8-3-1-2-4-10(8)11-9/h1-7,11H. The normalized spacial score (nSPS) is 16.1. The number of benzene rings is 1. The molecule has 0 saturated carbocycles. The summed E-state index contributed by atoms with van der Waals surface area (Å²) in [6.45, 7) is 0. The summed E-state index contributed by atoms with van der Waals surface area (Å²) in [4.78, 5) is 9.76. The molecule has 0 spiro atoms. The topological polar surface area (TPSA) is 55.2 Å². The molecular weight excluding hydrogens is 180 g/mol. The summed E-state index contributed by atoms with van der Waals surface area (Å²) in [5, 5.41) is 13.2. The van der Waals surface area contributed by atoms with E-state index in [1.807, 2.05) is 30.3 Å². The Kier molecular flexibility index (Phi) is 2.02. The molecule has 1 heterocycles. The smallest absolute Gasteiger partial charge is 0.257 e. The number of allylic oxidation sites excluding steroid dienone is 1. The van der Waals surface area contributed by atoms with E-state index >= 15 is 0 Å². The van der Waals surface area contributed by atoms with Crippen LogP contribution in [0.3, 0.4) is 0 Å². The summed E-state index contributed by atoms with van der Waals surface area (Å²) in [7, 11) is 0. The zero-order chi connectivity index (χ0) is 9.97. The van der Waals surface area contributed by atoms with Gasteiger partial charge in [0.25, 0.3) is 6.20 Å². The maximum Gasteiger partial charge on any atom is 0.257 e. The van der Waals surface area contributed by atoms with Crippen molar-refractivity contribution in [3.8, 4) is 0 Å². The van der Waals surface area contributed by atoms with Crippen molar-refractivity contribution in [1.29, 1.82) is 0 Å². The quantitative estimate of drug-likeness (QED) is 0.543. The lowest BCUT2D eigenvalue weighted by Gasteiger charge is -2.12. The van der Waals surface area contributed by atoms with Gasteiger partial charge in [0.15, 0.2) is 0 Å². The van der Waals surface area contributed by atoms with Crippen molar-refractivity contribution < 1.29 is 4.92 Å². The number of anilines is 1. The summed E-state index contributed by atoms with van der Waals surface area (Å²) < 4.78 is 0. The van der Waals surface area contributed by atoms with Crippen LogP contribution in [0.15, 0.2) is 42.2 Å². The Morgan fingerprint density at radius 1 is 1.29 bits per heavy atom. The van der Waals surface area contributed by atoms with Crippen LogP contribution in [0.1, 0.15) is 5.56 Å². The van der Waals surface area contributed by atoms with Crippen LogP contribution in [-0.4, -0.2) is 4.92 Å². The highest BCUT2D eigenvalue weighted by molar-refractivity contribution is 5.74. The molecule has 4 nitrogen and oxygen atoms in total. The number of para-hydroxylation sites is 1. The second-order valence-electron chi connectivity index (χ2n) is 2.92. The van der Waals surface area contributed by atoms with Crippen molar-refractivity contribution in [3.63, 3.8) is 0 Å². The molecule has 2 rings (SSSR count). The monoisotopic (exact) mass is 188 g/mol. The van der Waals surface area contributed by atoms with Crippen LogP contribution in [0.25, 0.3) is 6.08 Å². The largest absolute Gasteiger partial charge is 0.350 e. The molecule has 0 atom stereocenters. The highest BCUT2D eigenvalue weighted by Crippen LogP contribution is 2.23. The van der Waals surface area contributed by atoms with E-state index in [9.17, 15) is 10.1 Å². The Morgan fingerprint density at radius 2 is 2.07 bits per heavy atom. The molecule has 70 valence electrons. The van der Waals surface area contributed by atoms with Gasteiger partial charge in [-0.05, 0) is 17.7 Å². The lowest BCUT2D eigenvalue weighted by Crippen LogP contribution is -2.04. The number of nitrogens with one attached hydrogen (secondary N) is 1. The predicted octanol–water partition coefficient (Wildman–Crippen LogP) is 2.24. The average Bonchev–Trinajstić information content (AvgIpc) is 2.17. The van der Waals surface area contributed by atoms with E-state index < -0.39 is 4.92 Å². The van der Waals surface area contributed by atoms with E-state index in [1.165, 1.54) is 0 Å². The number of rotatable bonds is 1. The van der Waals surface area contributed by atoms with Gasteiger partial charge in [-0.25, -0.2) is 0 Å². The third-order valence-electron chi connectivity index (χ3n) is 1.93. The number of nitro groups is 1. The van der Waals surface area contributed by atoms with Crippen molar-refractivity contribution >= 4 is 11.8 Å². The van der Waals surface area contributed by atoms with Gasteiger partial charge in [-0.2, -0.15) is 0 Å². The summed E-state index contributed by atoms with van der Waals surface area (Å²) in [6, 6.07) is 7.64. The molecule has 0 unspecified atom stereocenters. The van der Waals surface area contributed by atoms with E-state index in [4.69, 9.17) is 0 Å². The molecule has 0 aromatic heterocycles. The van der Waals surface area contributed by atoms with Crippen LogP contribution in [0.2, 0.25) is 0 Å². The Morgan fingerprint density at radius 3 is 2.86 bits per heavy atom. The highest BCUT2D eigenvalue weighted by atomic mass is 16.6. The number of fused-ring (bicyclic) bond motifs is 1. The molecule has 0 bridgehead atoms. The fourth-order valence-electron chi connectivity index (χ4n) is 1.32. The molecule has 1 aliphatic heterocycles. The molecule has 0 radical (unpaired) electrons. The molecule has 1 N–H and O–H groups in total. The van der Waals surface area contributed by atoms with Gasteiger partial charge in [0.2, 0.25) is 0 Å². The fourth-order valence-corrected chi connectivity index (χ4v) is 1.32. The van der Waals surface area contributed by atoms with E-state index in [1.54, 1.807) is 6.08 Å². The van der Waals surface area contributed by atoms with E-state index in [2.05, 4.69) is 5.32 Å². The lowest BCUT2D eigenvalue weighted by molar-refractivity contribution is -0.403. The maximum atomic E-state index is 10.2. The molecule has 1 aromatic rings. The Bertz CT molecular complexity index is 436. The molecule has 4 heteroatoms. The van der Waals surface area contributed by atoms with Gasteiger partial charge < -0.3 is 5.32 Å². The van der Waals surface area contributed by atoms with Crippen molar-refractivity contribution in [2.75, 3.05) is 5.32 Å². The van der Waals surface area contributed by atoms with Crippen LogP contribution in [0.5, 0.6) is 0 Å². The van der Waals surface area contributed by atoms with Crippen molar-refractivity contribution in [3.05, 3.63) is 57.9 Å². The number of hydrogen-bond donors (Lipinski definition) is 1. The Labute approximate surface area is 80.7 Å². The zero-order valence-corrected chi connectivity index (χ0v) is 7.31. The number of hydrogen-bond acceptors (Lipinski definition) is 3. The van der Waals surface area contributed by atoms with Crippen LogP contribution in [-0.2, 0) is 0 Å². The van der Waals surface area contributed by atoms with Gasteiger partial charge in [-0.15, -0.1) is 0 Å². The summed E-state index contributed by atoms with van der Waals surface area (Å²) >= 11 is 0. The molecule has 14 heavy (non-hydrogen) atoms. The first-order valence-corrected chi connectivity index (χ1v) is 4.15. The molecule has 0 fully saturated rings. The summed E-state index contributed by atoms with van der Waals surface area (Å²) in [5.74, 6) is 0. The molecule has 1 aliphatic rings. The second-order valence-corrected chi connectivity index (χ2v) is 2.92. The number of nitrogens with zero attached hydrogens (tertiary/aromatic N) is 1. The molecule has 0 saturated heterocycles.